The molecule has 1 aromatic carbocycles. The van der Waals surface area contributed by atoms with Crippen molar-refractivity contribution >= 4 is 0 Å². The number of rotatable bonds is 13. The van der Waals surface area contributed by atoms with Crippen LogP contribution in [0.5, 0.6) is 5.75 Å². The Bertz CT molecular complexity index is 458. The number of hydrogen-bond donors (Lipinski definition) is 2. The van der Waals surface area contributed by atoms with Gasteiger partial charge in [0.15, 0.2) is 0 Å². The van der Waals surface area contributed by atoms with Crippen molar-refractivity contribution < 1.29 is 9.84 Å². The van der Waals surface area contributed by atoms with Crippen molar-refractivity contribution in [2.24, 2.45) is 17.6 Å². The van der Waals surface area contributed by atoms with Gasteiger partial charge in [-0.2, -0.15) is 0 Å². The maximum absolute atomic E-state index is 9.54. The maximum Gasteiger partial charge on any atom is 0.119 e. The minimum Gasteiger partial charge on any atom is -0.494 e. The first-order valence-electron chi connectivity index (χ1n) is 10.0. The zero-order chi connectivity index (χ0) is 18.7. The number of nitrogens with two attached hydrogens (primary N) is 1. The van der Waals surface area contributed by atoms with E-state index in [0.29, 0.717) is 0 Å². The first kappa shape index (κ1) is 22.0. The molecule has 0 saturated heterocycles. The van der Waals surface area contributed by atoms with E-state index in [1.807, 2.05) is 12.1 Å². The summed E-state index contributed by atoms with van der Waals surface area (Å²) in [5.41, 5.74) is 7.02. The predicted octanol–water partition coefficient (Wildman–Crippen LogP) is 4.95. The Balaban J connectivity index is 2.34. The number of aryl methyl sites for hydroxylation is 1. The monoisotopic (exact) mass is 349 g/mol. The van der Waals surface area contributed by atoms with Gasteiger partial charge in [0, 0.05) is 5.54 Å². The highest BCUT2D eigenvalue weighted by Gasteiger charge is 2.27. The average Bonchev–Trinajstić information content (AvgIpc) is 2.60. The summed E-state index contributed by atoms with van der Waals surface area (Å²) in [6, 6.07) is 8.31. The highest BCUT2D eigenvalue weighted by molar-refractivity contribution is 5.27. The molecule has 0 fully saturated rings. The Morgan fingerprint density at radius 3 is 2.32 bits per heavy atom. The molecule has 0 radical (unpaired) electrons. The zero-order valence-corrected chi connectivity index (χ0v) is 16.8. The van der Waals surface area contributed by atoms with Crippen LogP contribution in [0.25, 0.3) is 0 Å². The van der Waals surface area contributed by atoms with Gasteiger partial charge in [0.05, 0.1) is 13.2 Å². The van der Waals surface area contributed by atoms with Gasteiger partial charge in [-0.05, 0) is 48.8 Å². The molecule has 3 heteroatoms. The van der Waals surface area contributed by atoms with Crippen molar-refractivity contribution in [1.29, 1.82) is 0 Å². The molecule has 0 aliphatic heterocycles. The van der Waals surface area contributed by atoms with Crippen molar-refractivity contribution in [1.82, 2.24) is 0 Å². The highest BCUT2D eigenvalue weighted by atomic mass is 16.5. The highest BCUT2D eigenvalue weighted by Crippen LogP contribution is 2.22. The van der Waals surface area contributed by atoms with Crippen LogP contribution in [0.3, 0.4) is 0 Å². The van der Waals surface area contributed by atoms with Crippen molar-refractivity contribution in [3.63, 3.8) is 0 Å². The summed E-state index contributed by atoms with van der Waals surface area (Å²) in [7, 11) is 0. The van der Waals surface area contributed by atoms with Crippen molar-refractivity contribution in [3.8, 4) is 5.75 Å². The molecule has 0 bridgehead atoms. The van der Waals surface area contributed by atoms with E-state index in [1.54, 1.807) is 0 Å². The molecular weight excluding hydrogens is 310 g/mol. The van der Waals surface area contributed by atoms with Crippen LogP contribution >= 0.6 is 0 Å². The van der Waals surface area contributed by atoms with E-state index < -0.39 is 5.54 Å². The van der Waals surface area contributed by atoms with Crippen LogP contribution in [0, 0.1) is 11.8 Å². The topological polar surface area (TPSA) is 55.5 Å². The number of aliphatic hydroxyl groups is 1. The van der Waals surface area contributed by atoms with E-state index in [0.717, 1.165) is 37.5 Å². The normalized spacial score (nSPS) is 15.2. The average molecular weight is 350 g/mol. The fourth-order valence-electron chi connectivity index (χ4n) is 2.94. The minimum atomic E-state index is -0.497. The summed E-state index contributed by atoms with van der Waals surface area (Å²) in [5, 5.41) is 9.54. The minimum absolute atomic E-state index is 0.0301. The zero-order valence-electron chi connectivity index (χ0n) is 16.8. The van der Waals surface area contributed by atoms with Gasteiger partial charge in [0.1, 0.15) is 5.75 Å². The Hall–Kier alpha value is -1.06. The third kappa shape index (κ3) is 8.24. The smallest absolute Gasteiger partial charge is 0.119 e. The largest absolute Gasteiger partial charge is 0.494 e. The van der Waals surface area contributed by atoms with Crippen molar-refractivity contribution in [3.05, 3.63) is 29.8 Å². The molecule has 0 saturated carbocycles. The quantitative estimate of drug-likeness (QED) is 0.495. The lowest BCUT2D eigenvalue weighted by atomic mass is 9.83. The third-order valence-electron chi connectivity index (χ3n) is 5.43. The van der Waals surface area contributed by atoms with Crippen LogP contribution in [0.15, 0.2) is 24.3 Å². The van der Waals surface area contributed by atoms with Crippen LogP contribution in [0.1, 0.15) is 71.8 Å². The molecule has 0 aromatic heterocycles. The first-order chi connectivity index (χ1) is 11.9. The lowest BCUT2D eigenvalue weighted by Crippen LogP contribution is -2.48. The van der Waals surface area contributed by atoms with E-state index in [4.69, 9.17) is 10.5 Å². The molecule has 2 atom stereocenters. The second kappa shape index (κ2) is 11.5. The lowest BCUT2D eigenvalue weighted by molar-refractivity contribution is 0.146. The number of ether oxygens (including phenoxy) is 1. The Labute approximate surface area is 155 Å². The van der Waals surface area contributed by atoms with Crippen LogP contribution in [-0.2, 0) is 6.42 Å². The summed E-state index contributed by atoms with van der Waals surface area (Å²) in [5.74, 6) is 1.94. The summed E-state index contributed by atoms with van der Waals surface area (Å²) >= 11 is 0. The summed E-state index contributed by atoms with van der Waals surface area (Å²) in [4.78, 5) is 0. The molecule has 0 spiro atoms. The maximum atomic E-state index is 9.54. The lowest BCUT2D eigenvalue weighted by Gasteiger charge is -2.31. The SMILES string of the molecule is CCCCCC(C)CCOc1ccc(CC[C@@](N)(CO)C(C)C)cc1. The molecule has 1 rings (SSSR count). The fraction of sp³-hybridized carbons (Fsp3) is 0.727. The summed E-state index contributed by atoms with van der Waals surface area (Å²) in [6.45, 7) is 9.51. The molecule has 0 amide bonds. The van der Waals surface area contributed by atoms with E-state index in [2.05, 4.69) is 39.8 Å². The first-order valence-corrected chi connectivity index (χ1v) is 10.0. The number of unbranched alkanes of at least 4 members (excludes halogenated alkanes) is 2. The summed E-state index contributed by atoms with van der Waals surface area (Å²) < 4.78 is 5.88. The number of benzene rings is 1. The van der Waals surface area contributed by atoms with E-state index >= 15 is 0 Å². The third-order valence-corrected chi connectivity index (χ3v) is 5.43. The molecular formula is C22H39NO2. The second-order valence-electron chi connectivity index (χ2n) is 7.93. The molecule has 0 heterocycles. The molecule has 25 heavy (non-hydrogen) atoms. The van der Waals surface area contributed by atoms with E-state index in [1.165, 1.54) is 31.2 Å². The van der Waals surface area contributed by atoms with Gasteiger partial charge < -0.3 is 15.6 Å². The van der Waals surface area contributed by atoms with Crippen molar-refractivity contribution in [2.75, 3.05) is 13.2 Å². The van der Waals surface area contributed by atoms with Gasteiger partial charge in [-0.15, -0.1) is 0 Å². The molecule has 0 aliphatic carbocycles. The molecule has 1 aromatic rings. The molecule has 144 valence electrons. The Morgan fingerprint density at radius 1 is 1.08 bits per heavy atom. The predicted molar refractivity (Wildman–Crippen MR) is 107 cm³/mol. The number of hydrogen-bond acceptors (Lipinski definition) is 3. The van der Waals surface area contributed by atoms with E-state index in [9.17, 15) is 5.11 Å². The van der Waals surface area contributed by atoms with Gasteiger partial charge in [0.25, 0.3) is 0 Å². The summed E-state index contributed by atoms with van der Waals surface area (Å²) in [6.07, 6.45) is 8.05. The number of aliphatic hydroxyl groups excluding tert-OH is 1. The second-order valence-corrected chi connectivity index (χ2v) is 7.93. The molecule has 3 N–H and O–H groups in total. The molecule has 0 aliphatic rings. The molecule has 1 unspecified atom stereocenters. The molecule has 3 nitrogen and oxygen atoms in total. The van der Waals surface area contributed by atoms with Crippen LogP contribution in [0.2, 0.25) is 0 Å². The Kier molecular flexibility index (Phi) is 10.1. The Morgan fingerprint density at radius 2 is 1.76 bits per heavy atom. The van der Waals surface area contributed by atoms with Gasteiger partial charge in [-0.3, -0.25) is 0 Å². The van der Waals surface area contributed by atoms with Crippen molar-refractivity contribution in [2.45, 2.75) is 78.2 Å². The fourth-order valence-corrected chi connectivity index (χ4v) is 2.94. The van der Waals surface area contributed by atoms with Gasteiger partial charge in [-0.1, -0.05) is 65.5 Å². The van der Waals surface area contributed by atoms with Crippen LogP contribution in [-0.4, -0.2) is 23.9 Å². The van der Waals surface area contributed by atoms with Crippen LogP contribution in [0.4, 0.5) is 0 Å². The van der Waals surface area contributed by atoms with E-state index in [-0.39, 0.29) is 12.5 Å². The van der Waals surface area contributed by atoms with Gasteiger partial charge in [0.2, 0.25) is 0 Å². The van der Waals surface area contributed by atoms with Gasteiger partial charge in [-0.25, -0.2) is 0 Å². The van der Waals surface area contributed by atoms with Gasteiger partial charge >= 0.3 is 0 Å². The standard InChI is InChI=1S/C22H39NO2/c1-5-6-7-8-19(4)14-16-25-21-11-9-20(10-12-21)13-15-22(23,17-24)18(2)3/h9-12,18-19,24H,5-8,13-17,23H2,1-4H3/t19?,22-/m1/s1. The van der Waals surface area contributed by atoms with Crippen LogP contribution < -0.4 is 10.5 Å².